The van der Waals surface area contributed by atoms with E-state index in [2.05, 4.69) is 19.2 Å². The van der Waals surface area contributed by atoms with E-state index in [1.165, 1.54) is 5.56 Å². The fraction of sp³-hybridized carbons (Fsp3) is 0.455. The van der Waals surface area contributed by atoms with Crippen molar-refractivity contribution in [1.29, 1.82) is 0 Å². The summed E-state index contributed by atoms with van der Waals surface area (Å²) in [7, 11) is 0. The van der Waals surface area contributed by atoms with Gasteiger partial charge < -0.3 is 10.4 Å². The maximum Gasteiger partial charge on any atom is 0.0472 e. The standard InChI is InChI=1S/C11H17NO/c1-9(2)12-11-6-4-3-5-10(11)7-8-13/h3-6,9,12-13H,7-8H2,1-2H3. The molecule has 0 unspecified atom stereocenters. The zero-order valence-corrected chi connectivity index (χ0v) is 8.25. The number of para-hydroxylation sites is 1. The van der Waals surface area contributed by atoms with E-state index in [1.807, 2.05) is 24.3 Å². The first kappa shape index (κ1) is 10.1. The predicted molar refractivity (Wildman–Crippen MR) is 56.0 cm³/mol. The molecule has 2 N–H and O–H groups in total. The Morgan fingerprint density at radius 1 is 1.31 bits per heavy atom. The minimum absolute atomic E-state index is 0.205. The van der Waals surface area contributed by atoms with E-state index < -0.39 is 0 Å². The largest absolute Gasteiger partial charge is 0.396 e. The van der Waals surface area contributed by atoms with Gasteiger partial charge in [-0.05, 0) is 31.9 Å². The van der Waals surface area contributed by atoms with E-state index >= 15 is 0 Å². The number of benzene rings is 1. The molecule has 1 aromatic carbocycles. The zero-order chi connectivity index (χ0) is 9.68. The Bertz CT molecular complexity index is 258. The van der Waals surface area contributed by atoms with E-state index in [4.69, 9.17) is 5.11 Å². The van der Waals surface area contributed by atoms with Gasteiger partial charge in [0.25, 0.3) is 0 Å². The van der Waals surface area contributed by atoms with Crippen LogP contribution in [0.1, 0.15) is 19.4 Å². The highest BCUT2D eigenvalue weighted by Crippen LogP contribution is 2.16. The first-order chi connectivity index (χ1) is 6.24. The number of hydrogen-bond acceptors (Lipinski definition) is 2. The van der Waals surface area contributed by atoms with Gasteiger partial charge in [-0.15, -0.1) is 0 Å². The summed E-state index contributed by atoms with van der Waals surface area (Å²) >= 11 is 0. The van der Waals surface area contributed by atoms with Crippen molar-refractivity contribution in [2.24, 2.45) is 0 Å². The molecule has 13 heavy (non-hydrogen) atoms. The first-order valence-corrected chi connectivity index (χ1v) is 4.69. The van der Waals surface area contributed by atoms with Crippen molar-refractivity contribution in [3.63, 3.8) is 0 Å². The van der Waals surface area contributed by atoms with Gasteiger partial charge in [0.05, 0.1) is 0 Å². The molecule has 2 heteroatoms. The predicted octanol–water partition coefficient (Wildman–Crippen LogP) is 2.04. The van der Waals surface area contributed by atoms with Crippen molar-refractivity contribution >= 4 is 5.69 Å². The molecule has 0 spiro atoms. The molecule has 1 rings (SSSR count). The van der Waals surface area contributed by atoms with Gasteiger partial charge in [-0.3, -0.25) is 0 Å². The second-order valence-electron chi connectivity index (χ2n) is 3.43. The van der Waals surface area contributed by atoms with Gasteiger partial charge >= 0.3 is 0 Å². The average Bonchev–Trinajstić information content (AvgIpc) is 2.08. The van der Waals surface area contributed by atoms with E-state index in [0.29, 0.717) is 6.04 Å². The fourth-order valence-electron chi connectivity index (χ4n) is 1.31. The van der Waals surface area contributed by atoms with Crippen LogP contribution >= 0.6 is 0 Å². The molecule has 0 amide bonds. The third-order valence-electron chi connectivity index (χ3n) is 1.84. The maximum atomic E-state index is 8.85. The quantitative estimate of drug-likeness (QED) is 0.741. The van der Waals surface area contributed by atoms with Crippen molar-refractivity contribution in [3.05, 3.63) is 29.8 Å². The molecule has 0 radical (unpaired) electrons. The summed E-state index contributed by atoms with van der Waals surface area (Å²) in [6, 6.07) is 8.52. The SMILES string of the molecule is CC(C)Nc1ccccc1CCO. The van der Waals surface area contributed by atoms with Crippen molar-refractivity contribution in [2.45, 2.75) is 26.3 Å². The summed E-state index contributed by atoms with van der Waals surface area (Å²) in [6.07, 6.45) is 0.718. The Labute approximate surface area is 79.6 Å². The fourth-order valence-corrected chi connectivity index (χ4v) is 1.31. The molecule has 0 aliphatic rings. The van der Waals surface area contributed by atoms with E-state index in [1.54, 1.807) is 0 Å². The minimum Gasteiger partial charge on any atom is -0.396 e. The highest BCUT2D eigenvalue weighted by molar-refractivity contribution is 5.51. The summed E-state index contributed by atoms with van der Waals surface area (Å²) in [4.78, 5) is 0. The smallest absolute Gasteiger partial charge is 0.0472 e. The van der Waals surface area contributed by atoms with Gasteiger partial charge in [-0.1, -0.05) is 18.2 Å². The van der Waals surface area contributed by atoms with Crippen LogP contribution in [-0.2, 0) is 6.42 Å². The summed E-state index contributed by atoms with van der Waals surface area (Å²) in [5.74, 6) is 0. The molecule has 0 atom stereocenters. The third kappa shape index (κ3) is 3.07. The number of anilines is 1. The lowest BCUT2D eigenvalue weighted by Gasteiger charge is -2.13. The number of aliphatic hydroxyl groups is 1. The summed E-state index contributed by atoms with van der Waals surface area (Å²) in [5, 5.41) is 12.2. The summed E-state index contributed by atoms with van der Waals surface area (Å²) < 4.78 is 0. The Balaban J connectivity index is 2.78. The Morgan fingerprint density at radius 3 is 2.62 bits per heavy atom. The Kier molecular flexibility index (Phi) is 3.77. The average molecular weight is 179 g/mol. The monoisotopic (exact) mass is 179 g/mol. The van der Waals surface area contributed by atoms with Crippen LogP contribution in [0.2, 0.25) is 0 Å². The summed E-state index contributed by atoms with van der Waals surface area (Å²) in [6.45, 7) is 4.42. The molecule has 0 heterocycles. The van der Waals surface area contributed by atoms with Crippen molar-refractivity contribution < 1.29 is 5.11 Å². The van der Waals surface area contributed by atoms with E-state index in [0.717, 1.165) is 12.1 Å². The molecule has 0 aliphatic carbocycles. The van der Waals surface area contributed by atoms with Crippen LogP contribution in [0.3, 0.4) is 0 Å². The molecule has 2 nitrogen and oxygen atoms in total. The molecular formula is C11H17NO. The summed E-state index contributed by atoms with van der Waals surface area (Å²) in [5.41, 5.74) is 2.31. The van der Waals surface area contributed by atoms with Gasteiger partial charge in [0.15, 0.2) is 0 Å². The van der Waals surface area contributed by atoms with Crippen LogP contribution < -0.4 is 5.32 Å². The molecular weight excluding hydrogens is 162 g/mol. The normalized spacial score (nSPS) is 10.5. The second-order valence-corrected chi connectivity index (χ2v) is 3.43. The van der Waals surface area contributed by atoms with Crippen LogP contribution in [0.15, 0.2) is 24.3 Å². The molecule has 72 valence electrons. The van der Waals surface area contributed by atoms with Gasteiger partial charge in [0.1, 0.15) is 0 Å². The number of hydrogen-bond donors (Lipinski definition) is 2. The van der Waals surface area contributed by atoms with Crippen LogP contribution in [0.25, 0.3) is 0 Å². The van der Waals surface area contributed by atoms with Crippen molar-refractivity contribution in [3.8, 4) is 0 Å². The maximum absolute atomic E-state index is 8.85. The Hall–Kier alpha value is -1.02. The number of nitrogens with one attached hydrogen (secondary N) is 1. The molecule has 0 saturated carbocycles. The highest BCUT2D eigenvalue weighted by Gasteiger charge is 2.01. The first-order valence-electron chi connectivity index (χ1n) is 4.69. The van der Waals surface area contributed by atoms with Gasteiger partial charge in [-0.2, -0.15) is 0 Å². The number of aliphatic hydroxyl groups excluding tert-OH is 1. The lowest BCUT2D eigenvalue weighted by Crippen LogP contribution is -2.11. The molecule has 0 aliphatic heterocycles. The molecule has 0 bridgehead atoms. The van der Waals surface area contributed by atoms with Gasteiger partial charge in [-0.25, -0.2) is 0 Å². The van der Waals surface area contributed by atoms with E-state index in [-0.39, 0.29) is 6.61 Å². The van der Waals surface area contributed by atoms with Gasteiger partial charge in [0, 0.05) is 18.3 Å². The van der Waals surface area contributed by atoms with Crippen LogP contribution in [0, 0.1) is 0 Å². The van der Waals surface area contributed by atoms with E-state index in [9.17, 15) is 0 Å². The highest BCUT2D eigenvalue weighted by atomic mass is 16.2. The van der Waals surface area contributed by atoms with Gasteiger partial charge in [0.2, 0.25) is 0 Å². The van der Waals surface area contributed by atoms with Crippen LogP contribution in [0.4, 0.5) is 5.69 Å². The lowest BCUT2D eigenvalue weighted by molar-refractivity contribution is 0.300. The molecule has 1 aromatic rings. The van der Waals surface area contributed by atoms with Crippen molar-refractivity contribution in [1.82, 2.24) is 0 Å². The lowest BCUT2D eigenvalue weighted by atomic mass is 10.1. The topological polar surface area (TPSA) is 32.3 Å². The number of rotatable bonds is 4. The van der Waals surface area contributed by atoms with Crippen molar-refractivity contribution in [2.75, 3.05) is 11.9 Å². The van der Waals surface area contributed by atoms with Crippen LogP contribution in [0.5, 0.6) is 0 Å². The molecule has 0 aromatic heterocycles. The second kappa shape index (κ2) is 4.87. The molecule has 0 fully saturated rings. The molecule has 0 saturated heterocycles. The van der Waals surface area contributed by atoms with Crippen LogP contribution in [-0.4, -0.2) is 17.8 Å². The Morgan fingerprint density at radius 2 is 2.00 bits per heavy atom. The third-order valence-corrected chi connectivity index (χ3v) is 1.84. The zero-order valence-electron chi connectivity index (χ0n) is 8.25. The minimum atomic E-state index is 0.205.